The van der Waals surface area contributed by atoms with Crippen LogP contribution in [0.25, 0.3) is 0 Å². The maximum absolute atomic E-state index is 9.98. The van der Waals surface area contributed by atoms with Gasteiger partial charge in [0.15, 0.2) is 11.5 Å². The number of ether oxygens (including phenoxy) is 2. The molecular formula is C11H16ClNO3. The molecule has 4 nitrogen and oxygen atoms in total. The zero-order chi connectivity index (χ0) is 12.1. The van der Waals surface area contributed by atoms with E-state index in [-0.39, 0.29) is 5.75 Å². The van der Waals surface area contributed by atoms with Crippen LogP contribution in [0.2, 0.25) is 5.02 Å². The Balaban J connectivity index is 3.18. The predicted molar refractivity (Wildman–Crippen MR) is 63.6 cm³/mol. The molecular weight excluding hydrogens is 230 g/mol. The molecule has 0 amide bonds. The maximum atomic E-state index is 9.98. The third kappa shape index (κ3) is 2.51. The maximum Gasteiger partial charge on any atom is 0.203 e. The minimum atomic E-state index is 0.0281. The minimum absolute atomic E-state index is 0.0281. The van der Waals surface area contributed by atoms with E-state index in [1.165, 1.54) is 14.2 Å². The lowest BCUT2D eigenvalue weighted by Gasteiger charge is -2.14. The lowest BCUT2D eigenvalue weighted by molar-refractivity contribution is 0.331. The first-order valence-electron chi connectivity index (χ1n) is 4.98. The van der Waals surface area contributed by atoms with E-state index in [2.05, 4.69) is 0 Å². The molecule has 0 spiro atoms. The van der Waals surface area contributed by atoms with Gasteiger partial charge >= 0.3 is 0 Å². The van der Waals surface area contributed by atoms with Crippen molar-refractivity contribution in [2.45, 2.75) is 12.8 Å². The molecule has 0 saturated carbocycles. The minimum Gasteiger partial charge on any atom is -0.504 e. The Hall–Kier alpha value is -1.13. The van der Waals surface area contributed by atoms with Crippen LogP contribution >= 0.6 is 11.6 Å². The standard InChI is InChI=1S/C11H16ClNO3/c1-15-9-6-8(12)7(4-3-5-13)10(14)11(9)16-2/h6,14H,3-5,13H2,1-2H3. The lowest BCUT2D eigenvalue weighted by atomic mass is 10.1. The Morgan fingerprint density at radius 3 is 2.56 bits per heavy atom. The molecule has 3 N–H and O–H groups in total. The third-order valence-corrected chi connectivity index (χ3v) is 2.66. The van der Waals surface area contributed by atoms with E-state index in [9.17, 15) is 5.11 Å². The molecule has 0 bridgehead atoms. The van der Waals surface area contributed by atoms with E-state index in [1.807, 2.05) is 0 Å². The zero-order valence-corrected chi connectivity index (χ0v) is 10.2. The van der Waals surface area contributed by atoms with Crippen molar-refractivity contribution in [3.63, 3.8) is 0 Å². The van der Waals surface area contributed by atoms with Crippen LogP contribution in [-0.4, -0.2) is 25.9 Å². The van der Waals surface area contributed by atoms with Crippen LogP contribution in [0.4, 0.5) is 0 Å². The lowest BCUT2D eigenvalue weighted by Crippen LogP contribution is -2.02. The Labute approximate surface area is 99.9 Å². The fraction of sp³-hybridized carbons (Fsp3) is 0.455. The average molecular weight is 246 g/mol. The summed E-state index contributed by atoms with van der Waals surface area (Å²) < 4.78 is 10.1. The molecule has 90 valence electrons. The fourth-order valence-corrected chi connectivity index (χ4v) is 1.78. The number of nitrogens with two attached hydrogens (primary N) is 1. The summed E-state index contributed by atoms with van der Waals surface area (Å²) in [6.45, 7) is 0.546. The van der Waals surface area contributed by atoms with Crippen molar-refractivity contribution in [1.82, 2.24) is 0 Å². The first kappa shape index (κ1) is 12.9. The van der Waals surface area contributed by atoms with E-state index < -0.39 is 0 Å². The number of halogens is 1. The number of hydrogen-bond donors (Lipinski definition) is 2. The highest BCUT2D eigenvalue weighted by Gasteiger charge is 2.17. The van der Waals surface area contributed by atoms with Gasteiger partial charge in [0.1, 0.15) is 0 Å². The van der Waals surface area contributed by atoms with Crippen LogP contribution < -0.4 is 15.2 Å². The van der Waals surface area contributed by atoms with Crippen LogP contribution in [0.5, 0.6) is 17.2 Å². The van der Waals surface area contributed by atoms with Crippen molar-refractivity contribution in [2.75, 3.05) is 20.8 Å². The normalized spacial score (nSPS) is 10.2. The van der Waals surface area contributed by atoms with Gasteiger partial charge in [-0.15, -0.1) is 0 Å². The van der Waals surface area contributed by atoms with E-state index in [0.29, 0.717) is 35.1 Å². The van der Waals surface area contributed by atoms with Crippen molar-refractivity contribution in [3.8, 4) is 17.2 Å². The Kier molecular flexibility index (Phi) is 4.71. The highest BCUT2D eigenvalue weighted by molar-refractivity contribution is 6.31. The monoisotopic (exact) mass is 245 g/mol. The summed E-state index contributed by atoms with van der Waals surface area (Å²) in [6, 6.07) is 1.63. The Bertz CT molecular complexity index is 369. The number of aromatic hydroxyl groups is 1. The molecule has 0 unspecified atom stereocenters. The number of phenolic OH excluding ortho intramolecular Hbond substituents is 1. The largest absolute Gasteiger partial charge is 0.504 e. The molecule has 0 radical (unpaired) electrons. The van der Waals surface area contributed by atoms with Gasteiger partial charge in [-0.3, -0.25) is 0 Å². The summed E-state index contributed by atoms with van der Waals surface area (Å²) in [7, 11) is 2.96. The van der Waals surface area contributed by atoms with Gasteiger partial charge in [0.25, 0.3) is 0 Å². The quantitative estimate of drug-likeness (QED) is 0.832. The molecule has 0 aliphatic carbocycles. The Morgan fingerprint density at radius 1 is 1.38 bits per heavy atom. The van der Waals surface area contributed by atoms with Crippen LogP contribution in [0.3, 0.4) is 0 Å². The van der Waals surface area contributed by atoms with Crippen molar-refractivity contribution in [1.29, 1.82) is 0 Å². The Morgan fingerprint density at radius 2 is 2.06 bits per heavy atom. The molecule has 0 aromatic heterocycles. The summed E-state index contributed by atoms with van der Waals surface area (Å²) in [6.07, 6.45) is 1.37. The van der Waals surface area contributed by atoms with Crippen LogP contribution in [0.1, 0.15) is 12.0 Å². The highest BCUT2D eigenvalue weighted by Crippen LogP contribution is 2.43. The van der Waals surface area contributed by atoms with Crippen LogP contribution in [0.15, 0.2) is 6.07 Å². The summed E-state index contributed by atoms with van der Waals surface area (Å²) in [4.78, 5) is 0. The van der Waals surface area contributed by atoms with Gasteiger partial charge in [0, 0.05) is 11.6 Å². The molecule has 0 aliphatic rings. The van der Waals surface area contributed by atoms with Gasteiger partial charge in [-0.2, -0.15) is 0 Å². The van der Waals surface area contributed by atoms with Gasteiger partial charge in [-0.1, -0.05) is 11.6 Å². The SMILES string of the molecule is COc1cc(Cl)c(CCCN)c(O)c1OC. The molecule has 0 aliphatic heterocycles. The highest BCUT2D eigenvalue weighted by atomic mass is 35.5. The molecule has 1 aromatic rings. The van der Waals surface area contributed by atoms with Crippen molar-refractivity contribution in [3.05, 3.63) is 16.7 Å². The number of rotatable bonds is 5. The molecule has 0 fully saturated rings. The van der Waals surface area contributed by atoms with E-state index >= 15 is 0 Å². The third-order valence-electron chi connectivity index (χ3n) is 2.33. The smallest absolute Gasteiger partial charge is 0.203 e. The van der Waals surface area contributed by atoms with Gasteiger partial charge in [0.05, 0.1) is 19.2 Å². The number of benzene rings is 1. The van der Waals surface area contributed by atoms with Crippen LogP contribution in [0, 0.1) is 0 Å². The van der Waals surface area contributed by atoms with Crippen LogP contribution in [-0.2, 0) is 6.42 Å². The second-order valence-electron chi connectivity index (χ2n) is 3.31. The van der Waals surface area contributed by atoms with Gasteiger partial charge in [0.2, 0.25) is 5.75 Å². The van der Waals surface area contributed by atoms with Gasteiger partial charge < -0.3 is 20.3 Å². The van der Waals surface area contributed by atoms with Crippen molar-refractivity contribution in [2.24, 2.45) is 5.73 Å². The van der Waals surface area contributed by atoms with E-state index in [0.717, 1.165) is 6.42 Å². The molecule has 5 heteroatoms. The molecule has 0 heterocycles. The van der Waals surface area contributed by atoms with Crippen molar-refractivity contribution >= 4 is 11.6 Å². The topological polar surface area (TPSA) is 64.7 Å². The average Bonchev–Trinajstić information content (AvgIpc) is 2.28. The predicted octanol–water partition coefficient (Wildman–Crippen LogP) is 1.95. The zero-order valence-electron chi connectivity index (χ0n) is 9.42. The summed E-state index contributed by atoms with van der Waals surface area (Å²) in [5.41, 5.74) is 6.07. The summed E-state index contributed by atoms with van der Waals surface area (Å²) in [5, 5.41) is 10.4. The number of phenols is 1. The van der Waals surface area contributed by atoms with E-state index in [1.54, 1.807) is 6.07 Å². The number of methoxy groups -OCH3 is 2. The van der Waals surface area contributed by atoms with E-state index in [4.69, 9.17) is 26.8 Å². The molecule has 1 aromatic carbocycles. The summed E-state index contributed by atoms with van der Waals surface area (Å²) in [5.74, 6) is 0.751. The molecule has 1 rings (SSSR count). The van der Waals surface area contributed by atoms with Crippen molar-refractivity contribution < 1.29 is 14.6 Å². The first-order chi connectivity index (χ1) is 7.65. The second kappa shape index (κ2) is 5.82. The second-order valence-corrected chi connectivity index (χ2v) is 3.72. The molecule has 0 atom stereocenters. The van der Waals surface area contributed by atoms with Gasteiger partial charge in [-0.25, -0.2) is 0 Å². The fourth-order valence-electron chi connectivity index (χ4n) is 1.50. The summed E-state index contributed by atoms with van der Waals surface area (Å²) >= 11 is 6.04. The first-order valence-corrected chi connectivity index (χ1v) is 5.35. The van der Waals surface area contributed by atoms with Gasteiger partial charge in [-0.05, 0) is 19.4 Å². The molecule has 16 heavy (non-hydrogen) atoms. The molecule has 0 saturated heterocycles. The number of hydrogen-bond acceptors (Lipinski definition) is 4.